The van der Waals surface area contributed by atoms with Crippen molar-refractivity contribution in [3.8, 4) is 5.75 Å². The molecule has 6 unspecified atom stereocenters. The summed E-state index contributed by atoms with van der Waals surface area (Å²) in [4.78, 5) is 28.7. The first-order valence-electron chi connectivity index (χ1n) is 19.9. The van der Waals surface area contributed by atoms with Crippen molar-refractivity contribution >= 4 is 40.3 Å². The molecule has 0 bridgehead atoms. The van der Waals surface area contributed by atoms with E-state index in [1.807, 2.05) is 11.0 Å². The van der Waals surface area contributed by atoms with Gasteiger partial charge in [0.2, 0.25) is 11.7 Å². The smallest absolute Gasteiger partial charge is 0.410 e. The molecule has 4 radical (unpaired) electrons. The average Bonchev–Trinajstić information content (AvgIpc) is 3.72. The number of thiol groups is 1. The Balaban J connectivity index is 0.000000290. The second kappa shape index (κ2) is 18.4. The third-order valence-corrected chi connectivity index (χ3v) is 13.8. The van der Waals surface area contributed by atoms with E-state index < -0.39 is 17.8 Å². The van der Waals surface area contributed by atoms with Crippen LogP contribution in [-0.2, 0) is 11.2 Å². The van der Waals surface area contributed by atoms with Crippen LogP contribution < -0.4 is 10.2 Å². The summed E-state index contributed by atoms with van der Waals surface area (Å²) in [5.74, 6) is -0.842. The Morgan fingerprint density at radius 3 is 2.26 bits per heavy atom. The Labute approximate surface area is 324 Å². The Kier molecular flexibility index (Phi) is 15.2. The number of alkyl halides is 3. The van der Waals surface area contributed by atoms with Gasteiger partial charge in [0.1, 0.15) is 19.2 Å². The van der Waals surface area contributed by atoms with Gasteiger partial charge in [0.25, 0.3) is 0 Å². The number of amides is 2. The van der Waals surface area contributed by atoms with Crippen LogP contribution in [0.5, 0.6) is 5.75 Å². The highest BCUT2D eigenvalue weighted by Gasteiger charge is 2.54. The molecule has 13 heteroatoms. The molecule has 4 fully saturated rings. The molecule has 2 saturated carbocycles. The van der Waals surface area contributed by atoms with Gasteiger partial charge in [-0.05, 0) is 128 Å². The molecular weight excluding hydrogens is 697 g/mol. The maximum Gasteiger partial charge on any atom is 0.415 e. The van der Waals surface area contributed by atoms with Crippen molar-refractivity contribution in [2.45, 2.75) is 154 Å². The summed E-state index contributed by atoms with van der Waals surface area (Å²) in [6, 6.07) is 6.78. The fraction of sp³-hybridized carbons (Fsp3) is 0.800. The predicted molar refractivity (Wildman–Crippen MR) is 209 cm³/mol. The second-order valence-corrected chi connectivity index (χ2v) is 17.5. The minimum Gasteiger partial charge on any atom is -0.410 e. The molecule has 2 N–H and O–H groups in total. The number of ether oxygens (including phenoxy) is 1. The summed E-state index contributed by atoms with van der Waals surface area (Å²) in [6.07, 6.45) is 12.1. The van der Waals surface area contributed by atoms with Crippen molar-refractivity contribution in [2.75, 3.05) is 25.4 Å². The van der Waals surface area contributed by atoms with Gasteiger partial charge in [-0.3, -0.25) is 4.79 Å². The maximum absolute atomic E-state index is 12.9. The van der Waals surface area contributed by atoms with Crippen LogP contribution in [-0.4, -0.2) is 91.6 Å². The van der Waals surface area contributed by atoms with Crippen molar-refractivity contribution in [3.63, 3.8) is 0 Å². The number of likely N-dealkylation sites (tertiary alicyclic amines) is 2. The molecule has 6 rings (SSSR count). The molecule has 3 aliphatic carbocycles. The topological polar surface area (TPSA) is 82.1 Å². The van der Waals surface area contributed by atoms with E-state index in [9.17, 15) is 28.0 Å². The minimum absolute atomic E-state index is 0.170. The second-order valence-electron chi connectivity index (χ2n) is 17.0. The molecule has 2 aliphatic heterocycles. The first kappa shape index (κ1) is 43.9. The summed E-state index contributed by atoms with van der Waals surface area (Å²) < 4.78 is 42.6. The van der Waals surface area contributed by atoms with Gasteiger partial charge in [-0.1, -0.05) is 53.5 Å². The first-order chi connectivity index (χ1) is 24.9. The number of nitrogens with zero attached hydrogens (tertiary/aromatic N) is 2. The third-order valence-electron chi connectivity index (χ3n) is 13.5. The lowest BCUT2D eigenvalue weighted by Crippen LogP contribution is -2.48. The monoisotopic (exact) mass is 759 g/mol. The van der Waals surface area contributed by atoms with Gasteiger partial charge in [0.05, 0.1) is 0 Å². The number of carbonyl (C=O) groups excluding carboxylic acids is 2. The summed E-state index contributed by atoms with van der Waals surface area (Å²) in [7, 11) is 8.80. The number of aryl methyl sites for hydroxylation is 1. The first-order valence-corrected chi connectivity index (χ1v) is 20.6. The molecule has 0 spiro atoms. The largest absolute Gasteiger partial charge is 0.415 e. The van der Waals surface area contributed by atoms with Crippen LogP contribution in [0.1, 0.15) is 135 Å². The normalized spacial score (nSPS) is 28.4. The molecule has 294 valence electrons. The number of fused-ring (bicyclic) bond motifs is 5. The van der Waals surface area contributed by atoms with Crippen LogP contribution in [0.25, 0.3) is 0 Å². The minimum atomic E-state index is -3.98. The van der Waals surface area contributed by atoms with Crippen molar-refractivity contribution in [2.24, 2.45) is 22.7 Å². The highest BCUT2D eigenvalue weighted by molar-refractivity contribution is 7.80. The number of hydrogen-bond acceptors (Lipinski definition) is 6. The molecule has 2 heterocycles. The molecule has 2 saturated heterocycles. The van der Waals surface area contributed by atoms with Crippen LogP contribution in [0.3, 0.4) is 0 Å². The molecule has 6 atom stereocenters. The average molecular weight is 760 g/mol. The molecule has 53 heavy (non-hydrogen) atoms. The van der Waals surface area contributed by atoms with Gasteiger partial charge >= 0.3 is 6.09 Å². The Morgan fingerprint density at radius 1 is 1.04 bits per heavy atom. The lowest BCUT2D eigenvalue weighted by atomic mass is 9.55. The number of benzene rings is 1. The van der Waals surface area contributed by atoms with Crippen molar-refractivity contribution < 1.29 is 32.7 Å². The number of nitrogens with one attached hydrogen (secondary N) is 1. The van der Waals surface area contributed by atoms with Crippen LogP contribution in [0, 0.1) is 22.7 Å². The van der Waals surface area contributed by atoms with Gasteiger partial charge in [-0.2, -0.15) is 12.6 Å². The molecule has 7 nitrogen and oxygen atoms in total. The lowest BCUT2D eigenvalue weighted by Gasteiger charge is -2.50. The summed E-state index contributed by atoms with van der Waals surface area (Å²) in [6.45, 7) is 13.6. The van der Waals surface area contributed by atoms with Crippen molar-refractivity contribution in [3.05, 3.63) is 29.3 Å². The van der Waals surface area contributed by atoms with Gasteiger partial charge < -0.3 is 19.7 Å². The van der Waals surface area contributed by atoms with Crippen molar-refractivity contribution in [1.29, 1.82) is 0 Å². The zero-order valence-corrected chi connectivity index (χ0v) is 33.5. The molecule has 1 aromatic carbocycles. The van der Waals surface area contributed by atoms with Crippen LogP contribution in [0.2, 0.25) is 0 Å². The summed E-state index contributed by atoms with van der Waals surface area (Å²) >= 11 is 3.72. The van der Waals surface area contributed by atoms with E-state index in [4.69, 9.17) is 4.74 Å². The fourth-order valence-corrected chi connectivity index (χ4v) is 9.33. The summed E-state index contributed by atoms with van der Waals surface area (Å²) in [5, 5.41) is 9.68. The Morgan fingerprint density at radius 2 is 1.72 bits per heavy atom. The van der Waals surface area contributed by atoms with Gasteiger partial charge in [-0.15, -0.1) is 0 Å². The van der Waals surface area contributed by atoms with Crippen molar-refractivity contribution in [1.82, 2.24) is 15.3 Å². The van der Waals surface area contributed by atoms with E-state index in [2.05, 4.69) is 80.6 Å². The van der Waals surface area contributed by atoms with E-state index in [0.717, 1.165) is 51.5 Å². The van der Waals surface area contributed by atoms with Crippen LogP contribution in [0.15, 0.2) is 18.2 Å². The van der Waals surface area contributed by atoms with Gasteiger partial charge in [-0.25, -0.2) is 23.4 Å². The Hall–Kier alpha value is -1.85. The molecular formula is C40H62B2F3N3O4S. The highest BCUT2D eigenvalue weighted by atomic mass is 32.1. The number of rotatable bonds is 9. The number of piperidine rings is 1. The van der Waals surface area contributed by atoms with E-state index >= 15 is 0 Å². The zero-order chi connectivity index (χ0) is 39.2. The number of carbonyl (C=O) groups is 2. The van der Waals surface area contributed by atoms with Gasteiger partial charge in [0, 0.05) is 38.1 Å². The predicted octanol–water partition coefficient (Wildman–Crippen LogP) is 8.60. The third kappa shape index (κ3) is 10.5. The van der Waals surface area contributed by atoms with E-state index in [-0.39, 0.29) is 35.9 Å². The highest BCUT2D eigenvalue weighted by Crippen LogP contribution is 2.61. The standard InChI is InChI=1S/C28H39N3O4.C7H16.C5H7B2F3S/c1-28-13-10-22-21-7-5-20(17-18(21)4-6-23(22)24(28)8-9-25(28)29-34)35-27(33)30-15-11-19(12-16-30)31-14-2-3-26(31)32;1-5-7(3,4)6-2;6-4(8,2-1-3-11)5(7,9)10/h5,7,17,19,22-25,29,34H,2-4,6,8-16H2,1H3;5-6H2,1-4H3;11H,1-3H2. The number of hydrogen-bond donors (Lipinski definition) is 3. The summed E-state index contributed by atoms with van der Waals surface area (Å²) in [5.41, 5.74) is 3.06. The van der Waals surface area contributed by atoms with Crippen LogP contribution in [0.4, 0.5) is 18.0 Å². The molecule has 5 aliphatic rings. The number of halogens is 3. The molecule has 0 aromatic heterocycles. The SMILES string of the molecule is CC12CCC3c4ccc(OC(=O)N5CCC(N6CCCC6=O)CC5)cc4CCC3C1CCC2NO.CCC(C)(C)CC.[B]C(F)(F)C([B])(F)CCCS. The van der Waals surface area contributed by atoms with E-state index in [1.165, 1.54) is 36.8 Å². The van der Waals surface area contributed by atoms with E-state index in [1.54, 1.807) is 4.90 Å². The Bertz CT molecular complexity index is 1370. The molecule has 1 aromatic rings. The van der Waals surface area contributed by atoms with Gasteiger partial charge in [0.15, 0.2) is 7.85 Å². The van der Waals surface area contributed by atoms with E-state index in [0.29, 0.717) is 54.2 Å². The maximum atomic E-state index is 12.9. The fourth-order valence-electron chi connectivity index (χ4n) is 9.17. The zero-order valence-electron chi connectivity index (χ0n) is 32.6. The molecule has 2 amide bonds. The van der Waals surface area contributed by atoms with Crippen LogP contribution >= 0.6 is 12.6 Å². The lowest BCUT2D eigenvalue weighted by molar-refractivity contribution is -0.130. The quantitative estimate of drug-likeness (QED) is 0.134. The number of hydroxylamine groups is 1.